The summed E-state index contributed by atoms with van der Waals surface area (Å²) in [7, 11) is 4.74. The molecule has 2 aliphatic heterocycles. The number of fused-ring (bicyclic) bond motifs is 1. The Labute approximate surface area is 236 Å². The van der Waals surface area contributed by atoms with Crippen LogP contribution in [0.25, 0.3) is 22.2 Å². The lowest BCUT2D eigenvalue weighted by molar-refractivity contribution is -0.120. The lowest BCUT2D eigenvalue weighted by Crippen LogP contribution is -2.52. The molecule has 208 valence electrons. The Balaban J connectivity index is 1.58. The monoisotopic (exact) mass is 576 g/mol. The first kappa shape index (κ1) is 27.4. The summed E-state index contributed by atoms with van der Waals surface area (Å²) in [6.07, 6.45) is 2.51. The number of nitrogens with zero attached hydrogens (tertiary/aromatic N) is 4. The second-order valence-electron chi connectivity index (χ2n) is 9.43. The molecule has 3 aromatic rings. The molecule has 0 saturated carbocycles. The van der Waals surface area contributed by atoms with Crippen molar-refractivity contribution in [2.75, 3.05) is 57.8 Å². The van der Waals surface area contributed by atoms with E-state index < -0.39 is 0 Å². The van der Waals surface area contributed by atoms with Crippen LogP contribution in [-0.2, 0) is 14.3 Å². The molecular weight excluding hydrogens is 547 g/mol. The number of benzene rings is 1. The van der Waals surface area contributed by atoms with Gasteiger partial charge >= 0.3 is 0 Å². The second-order valence-corrected chi connectivity index (χ2v) is 10.2. The fourth-order valence-corrected chi connectivity index (χ4v) is 5.49. The van der Waals surface area contributed by atoms with Gasteiger partial charge in [0.15, 0.2) is 5.82 Å². The Bertz CT molecular complexity index is 1360. The third-order valence-electron chi connectivity index (χ3n) is 6.92. The van der Waals surface area contributed by atoms with E-state index in [1.807, 2.05) is 6.07 Å². The van der Waals surface area contributed by atoms with Crippen molar-refractivity contribution in [2.45, 2.75) is 31.5 Å². The topological polar surface area (TPSA) is 120 Å². The Morgan fingerprint density at radius 3 is 2.44 bits per heavy atom. The van der Waals surface area contributed by atoms with E-state index in [0.717, 1.165) is 5.39 Å². The summed E-state index contributed by atoms with van der Waals surface area (Å²) in [5.41, 5.74) is 1.67. The van der Waals surface area contributed by atoms with Gasteiger partial charge in [0.25, 0.3) is 0 Å². The highest BCUT2D eigenvalue weighted by Gasteiger charge is 2.32. The van der Waals surface area contributed by atoms with E-state index in [4.69, 9.17) is 52.1 Å². The average molecular weight is 577 g/mol. The Hall–Kier alpha value is -3.12. The van der Waals surface area contributed by atoms with Gasteiger partial charge in [0, 0.05) is 56.9 Å². The van der Waals surface area contributed by atoms with Gasteiger partial charge < -0.3 is 34.5 Å². The van der Waals surface area contributed by atoms with Crippen molar-refractivity contribution >= 4 is 51.8 Å². The van der Waals surface area contributed by atoms with E-state index in [2.05, 4.69) is 20.5 Å². The van der Waals surface area contributed by atoms with Crippen LogP contribution in [0.15, 0.2) is 18.3 Å². The first-order chi connectivity index (χ1) is 18.8. The van der Waals surface area contributed by atoms with Crippen LogP contribution in [0.1, 0.15) is 13.3 Å². The molecule has 11 nitrogen and oxygen atoms in total. The number of anilines is 2. The normalized spacial score (nSPS) is 19.5. The van der Waals surface area contributed by atoms with Gasteiger partial charge in [0.2, 0.25) is 11.9 Å². The van der Waals surface area contributed by atoms with Gasteiger partial charge in [0.1, 0.15) is 17.0 Å². The van der Waals surface area contributed by atoms with Crippen molar-refractivity contribution < 1.29 is 23.7 Å². The van der Waals surface area contributed by atoms with Crippen molar-refractivity contribution in [3.05, 3.63) is 28.4 Å². The molecule has 0 spiro atoms. The van der Waals surface area contributed by atoms with E-state index in [1.165, 1.54) is 21.1 Å². The molecule has 4 heterocycles. The fraction of sp³-hybridized carbons (Fsp3) is 0.462. The molecule has 0 aliphatic carbocycles. The van der Waals surface area contributed by atoms with E-state index in [0.29, 0.717) is 82.8 Å². The quantitative estimate of drug-likeness (QED) is 0.411. The number of hydrogen-bond acceptors (Lipinski definition) is 10. The van der Waals surface area contributed by atoms with Gasteiger partial charge in [-0.2, -0.15) is 0 Å². The van der Waals surface area contributed by atoms with Gasteiger partial charge in [-0.1, -0.05) is 23.2 Å². The molecule has 0 radical (unpaired) electrons. The molecule has 2 atom stereocenters. The van der Waals surface area contributed by atoms with Crippen molar-refractivity contribution in [1.29, 1.82) is 0 Å². The van der Waals surface area contributed by atoms with E-state index in [9.17, 15) is 4.79 Å². The second kappa shape index (κ2) is 11.5. The largest absolute Gasteiger partial charge is 0.495 e. The predicted octanol–water partition coefficient (Wildman–Crippen LogP) is 3.56. The van der Waals surface area contributed by atoms with Gasteiger partial charge in [-0.3, -0.25) is 4.79 Å². The number of nitrogens with one attached hydrogen (secondary N) is 2. The maximum absolute atomic E-state index is 11.7. The van der Waals surface area contributed by atoms with Crippen LogP contribution in [0.4, 0.5) is 11.8 Å². The summed E-state index contributed by atoms with van der Waals surface area (Å²) in [5.74, 6) is 1.79. The van der Waals surface area contributed by atoms with Crippen LogP contribution < -0.4 is 25.0 Å². The van der Waals surface area contributed by atoms with Crippen LogP contribution in [-0.4, -0.2) is 86.7 Å². The lowest BCUT2D eigenvalue weighted by Gasteiger charge is -2.39. The number of carbonyl (C=O) groups excluding carboxylic acids is 1. The molecule has 13 heteroatoms. The lowest BCUT2D eigenvalue weighted by atomic mass is 10.0. The van der Waals surface area contributed by atoms with Gasteiger partial charge in [-0.05, 0) is 12.5 Å². The first-order valence-corrected chi connectivity index (χ1v) is 13.3. The molecule has 2 N–H and O–H groups in total. The Kier molecular flexibility index (Phi) is 8.13. The molecule has 2 aliphatic rings. The number of ether oxygens (including phenoxy) is 4. The maximum Gasteiger partial charge on any atom is 0.223 e. The highest BCUT2D eigenvalue weighted by Crippen LogP contribution is 2.46. The zero-order valence-corrected chi connectivity index (χ0v) is 23.6. The fourth-order valence-electron chi connectivity index (χ4n) is 4.79. The van der Waals surface area contributed by atoms with Crippen LogP contribution in [0.2, 0.25) is 10.0 Å². The minimum Gasteiger partial charge on any atom is -0.495 e. The van der Waals surface area contributed by atoms with Gasteiger partial charge in [-0.25, -0.2) is 15.0 Å². The zero-order valence-electron chi connectivity index (χ0n) is 22.1. The number of amides is 1. The van der Waals surface area contributed by atoms with Crippen molar-refractivity contribution in [1.82, 2.24) is 20.3 Å². The van der Waals surface area contributed by atoms with Gasteiger partial charge in [0.05, 0.1) is 54.8 Å². The third-order valence-corrected chi connectivity index (χ3v) is 7.67. The molecule has 2 aromatic heterocycles. The van der Waals surface area contributed by atoms with Crippen LogP contribution in [0.5, 0.6) is 11.5 Å². The smallest absolute Gasteiger partial charge is 0.223 e. The maximum atomic E-state index is 11.7. The Morgan fingerprint density at radius 1 is 1.08 bits per heavy atom. The number of aromatic nitrogens is 3. The molecule has 0 unspecified atom stereocenters. The number of halogens is 2. The molecule has 2 saturated heterocycles. The summed E-state index contributed by atoms with van der Waals surface area (Å²) < 4.78 is 22.0. The standard InChI is InChI=1S/C26H30Cl2N6O5/c1-13(35)30-16-5-6-39-12-18(16)32-26-29-9-14-7-17(21-22(27)19(37-3)8-20(38-4)23(21)28)31-25(24(14)33-26)34-10-15(11-34)36-2/h7-9,15-16,18H,5-6,10-12H2,1-4H3,(H,30,35)(H,29,32,33)/t16-,18+/m0/s1. The van der Waals surface area contributed by atoms with Crippen molar-refractivity contribution in [3.8, 4) is 22.8 Å². The molecule has 1 amide bonds. The molecule has 39 heavy (non-hydrogen) atoms. The number of methoxy groups -OCH3 is 3. The molecular formula is C26H30Cl2N6O5. The van der Waals surface area contributed by atoms with Crippen LogP contribution in [0, 0.1) is 0 Å². The number of rotatable bonds is 8. The highest BCUT2D eigenvalue weighted by atomic mass is 35.5. The van der Waals surface area contributed by atoms with E-state index in [-0.39, 0.29) is 24.1 Å². The minimum atomic E-state index is -0.181. The molecule has 2 fully saturated rings. The SMILES string of the molecule is COc1cc(OC)c(Cl)c(-c2cc3cnc(N[C@@H]4COCC[C@@H]4NC(C)=O)nc3c(N3CC(OC)C3)n2)c1Cl. The predicted molar refractivity (Wildman–Crippen MR) is 149 cm³/mol. The molecule has 5 rings (SSSR count). The zero-order chi connectivity index (χ0) is 27.7. The molecule has 1 aromatic carbocycles. The van der Waals surface area contributed by atoms with Crippen molar-refractivity contribution in [2.24, 2.45) is 0 Å². The number of carbonyl (C=O) groups is 1. The minimum absolute atomic E-state index is 0.0897. The summed E-state index contributed by atoms with van der Waals surface area (Å²) >= 11 is 13.4. The van der Waals surface area contributed by atoms with Gasteiger partial charge in [-0.15, -0.1) is 0 Å². The summed E-state index contributed by atoms with van der Waals surface area (Å²) in [6.45, 7) is 3.81. The number of hydrogen-bond donors (Lipinski definition) is 2. The van der Waals surface area contributed by atoms with E-state index >= 15 is 0 Å². The van der Waals surface area contributed by atoms with E-state index in [1.54, 1.807) is 19.4 Å². The highest BCUT2D eigenvalue weighted by molar-refractivity contribution is 6.41. The third kappa shape index (κ3) is 5.49. The first-order valence-electron chi connectivity index (χ1n) is 12.5. The van der Waals surface area contributed by atoms with Crippen molar-refractivity contribution in [3.63, 3.8) is 0 Å². The summed E-state index contributed by atoms with van der Waals surface area (Å²) in [6, 6.07) is 3.20. The van der Waals surface area contributed by atoms with Crippen LogP contribution >= 0.6 is 23.2 Å². The summed E-state index contributed by atoms with van der Waals surface area (Å²) in [5, 5.41) is 7.71. The summed E-state index contributed by atoms with van der Waals surface area (Å²) in [4.78, 5) is 28.1. The molecule has 0 bridgehead atoms. The van der Waals surface area contributed by atoms with Crippen LogP contribution in [0.3, 0.4) is 0 Å². The Morgan fingerprint density at radius 2 is 1.79 bits per heavy atom. The number of pyridine rings is 1. The average Bonchev–Trinajstić information content (AvgIpc) is 2.89.